The lowest BCUT2D eigenvalue weighted by atomic mass is 10.1. The molecule has 2 N–H and O–H groups in total. The molecule has 2 aromatic rings. The van der Waals surface area contributed by atoms with E-state index in [0.717, 1.165) is 0 Å². The van der Waals surface area contributed by atoms with Crippen LogP contribution >= 0.6 is 23.2 Å². The molecule has 0 unspecified atom stereocenters. The number of hydrogen-bond donors (Lipinski definition) is 2. The number of halogens is 2. The van der Waals surface area contributed by atoms with Crippen molar-refractivity contribution in [2.24, 2.45) is 0 Å². The lowest BCUT2D eigenvalue weighted by molar-refractivity contribution is 0.0942. The zero-order valence-electron chi connectivity index (χ0n) is 12.7. The molecule has 0 radical (unpaired) electrons. The molecule has 0 bridgehead atoms. The van der Waals surface area contributed by atoms with Crippen molar-refractivity contribution >= 4 is 40.7 Å². The Balaban J connectivity index is 2.07. The maximum Gasteiger partial charge on any atom is 0.255 e. The van der Waals surface area contributed by atoms with E-state index in [2.05, 4.69) is 10.6 Å². The van der Waals surface area contributed by atoms with E-state index in [-0.39, 0.29) is 17.9 Å². The van der Waals surface area contributed by atoms with Crippen LogP contribution in [0.15, 0.2) is 42.5 Å². The molecule has 0 aliphatic carbocycles. The predicted molar refractivity (Wildman–Crippen MR) is 93.5 cm³/mol. The number of benzene rings is 2. The largest absolute Gasteiger partial charge is 0.350 e. The summed E-state index contributed by atoms with van der Waals surface area (Å²) in [5.41, 5.74) is 1.52. The first kappa shape index (κ1) is 17.3. The van der Waals surface area contributed by atoms with Crippen LogP contribution in [0.2, 0.25) is 10.0 Å². The number of hydrogen-bond acceptors (Lipinski definition) is 2. The van der Waals surface area contributed by atoms with Gasteiger partial charge in [0.2, 0.25) is 0 Å². The molecular formula is C17H16Cl2N2O2. The summed E-state index contributed by atoms with van der Waals surface area (Å²) in [4.78, 5) is 24.0. The highest BCUT2D eigenvalue weighted by Gasteiger charge is 2.10. The minimum Gasteiger partial charge on any atom is -0.350 e. The quantitative estimate of drug-likeness (QED) is 0.859. The summed E-state index contributed by atoms with van der Waals surface area (Å²) in [6.45, 7) is 3.79. The smallest absolute Gasteiger partial charge is 0.255 e. The van der Waals surface area contributed by atoms with Crippen molar-refractivity contribution in [3.05, 3.63) is 63.6 Å². The Morgan fingerprint density at radius 3 is 2.04 bits per heavy atom. The molecule has 23 heavy (non-hydrogen) atoms. The summed E-state index contributed by atoms with van der Waals surface area (Å²) in [6.07, 6.45) is 0. The molecule has 2 aromatic carbocycles. The second-order valence-corrected chi connectivity index (χ2v) is 6.10. The lowest BCUT2D eigenvalue weighted by Gasteiger charge is -2.09. The van der Waals surface area contributed by atoms with E-state index < -0.39 is 0 Å². The van der Waals surface area contributed by atoms with E-state index in [4.69, 9.17) is 23.2 Å². The van der Waals surface area contributed by atoms with Crippen LogP contribution in [0.5, 0.6) is 0 Å². The summed E-state index contributed by atoms with van der Waals surface area (Å²) in [6, 6.07) is 11.4. The average Bonchev–Trinajstić information content (AvgIpc) is 2.50. The molecule has 0 aliphatic heterocycles. The van der Waals surface area contributed by atoms with E-state index >= 15 is 0 Å². The van der Waals surface area contributed by atoms with Crippen molar-refractivity contribution in [2.45, 2.75) is 19.9 Å². The third-order valence-corrected chi connectivity index (χ3v) is 3.75. The molecule has 4 nitrogen and oxygen atoms in total. The van der Waals surface area contributed by atoms with Gasteiger partial charge in [0, 0.05) is 22.9 Å². The second kappa shape index (κ2) is 7.49. The Morgan fingerprint density at radius 1 is 0.870 bits per heavy atom. The van der Waals surface area contributed by atoms with Gasteiger partial charge in [-0.25, -0.2) is 0 Å². The normalized spacial score (nSPS) is 10.5. The number of carbonyl (C=O) groups excluding carboxylic acids is 2. The minimum absolute atomic E-state index is 0.0662. The number of nitrogens with one attached hydrogen (secondary N) is 2. The zero-order chi connectivity index (χ0) is 17.0. The predicted octanol–water partition coefficient (Wildman–Crippen LogP) is 4.38. The lowest BCUT2D eigenvalue weighted by Crippen LogP contribution is -2.30. The Kier molecular flexibility index (Phi) is 5.64. The van der Waals surface area contributed by atoms with Crippen LogP contribution in [0.3, 0.4) is 0 Å². The number of carbonyl (C=O) groups is 2. The van der Waals surface area contributed by atoms with Gasteiger partial charge in [0.05, 0.1) is 10.0 Å². The summed E-state index contributed by atoms with van der Waals surface area (Å²) in [5.74, 6) is -0.453. The highest BCUT2D eigenvalue weighted by atomic mass is 35.5. The van der Waals surface area contributed by atoms with Gasteiger partial charge < -0.3 is 10.6 Å². The fraction of sp³-hybridized carbons (Fsp3) is 0.176. The monoisotopic (exact) mass is 350 g/mol. The zero-order valence-corrected chi connectivity index (χ0v) is 14.2. The second-order valence-electron chi connectivity index (χ2n) is 5.29. The molecular weight excluding hydrogens is 335 g/mol. The van der Waals surface area contributed by atoms with Crippen LogP contribution in [0, 0.1) is 0 Å². The average molecular weight is 351 g/mol. The van der Waals surface area contributed by atoms with Crippen molar-refractivity contribution in [3.8, 4) is 0 Å². The Labute approximate surface area is 144 Å². The van der Waals surface area contributed by atoms with E-state index in [1.165, 1.54) is 6.07 Å². The van der Waals surface area contributed by atoms with Gasteiger partial charge in [-0.05, 0) is 56.3 Å². The summed E-state index contributed by atoms with van der Waals surface area (Å²) in [5, 5.41) is 6.25. The van der Waals surface area contributed by atoms with E-state index in [1.807, 2.05) is 13.8 Å². The highest BCUT2D eigenvalue weighted by molar-refractivity contribution is 6.42. The Hall–Kier alpha value is -2.04. The summed E-state index contributed by atoms with van der Waals surface area (Å²) < 4.78 is 0. The maximum atomic E-state index is 12.1. The first-order valence-corrected chi connectivity index (χ1v) is 7.79. The van der Waals surface area contributed by atoms with Crippen LogP contribution in [-0.2, 0) is 0 Å². The van der Waals surface area contributed by atoms with Gasteiger partial charge >= 0.3 is 0 Å². The third-order valence-electron chi connectivity index (χ3n) is 3.01. The van der Waals surface area contributed by atoms with Gasteiger partial charge in [-0.3, -0.25) is 9.59 Å². The molecule has 0 aromatic heterocycles. The number of rotatable bonds is 4. The molecule has 0 saturated carbocycles. The van der Waals surface area contributed by atoms with Gasteiger partial charge in [0.1, 0.15) is 0 Å². The standard InChI is InChI=1S/C17H16Cl2N2O2/c1-10(2)20-16(22)11-3-6-13(7-4-11)21-17(23)12-5-8-14(18)15(19)9-12/h3-10H,1-2H3,(H,20,22)(H,21,23). The molecule has 2 amide bonds. The van der Waals surface area contributed by atoms with Crippen LogP contribution in [0.4, 0.5) is 5.69 Å². The van der Waals surface area contributed by atoms with Crippen molar-refractivity contribution in [2.75, 3.05) is 5.32 Å². The molecule has 2 rings (SSSR count). The molecule has 120 valence electrons. The molecule has 0 spiro atoms. The SMILES string of the molecule is CC(C)NC(=O)c1ccc(NC(=O)c2ccc(Cl)c(Cl)c2)cc1. The molecule has 6 heteroatoms. The van der Waals surface area contributed by atoms with Crippen LogP contribution in [-0.4, -0.2) is 17.9 Å². The Bertz CT molecular complexity index is 728. The first-order valence-electron chi connectivity index (χ1n) is 7.04. The van der Waals surface area contributed by atoms with Gasteiger partial charge in [0.25, 0.3) is 11.8 Å². The summed E-state index contributed by atoms with van der Waals surface area (Å²) >= 11 is 11.7. The number of anilines is 1. The molecule has 0 fully saturated rings. The first-order chi connectivity index (χ1) is 10.9. The van der Waals surface area contributed by atoms with Crippen molar-refractivity contribution in [1.29, 1.82) is 0 Å². The van der Waals surface area contributed by atoms with Gasteiger partial charge in [-0.1, -0.05) is 23.2 Å². The van der Waals surface area contributed by atoms with Gasteiger partial charge in [0.15, 0.2) is 0 Å². The van der Waals surface area contributed by atoms with Crippen LogP contribution in [0.25, 0.3) is 0 Å². The van der Waals surface area contributed by atoms with Gasteiger partial charge in [-0.15, -0.1) is 0 Å². The molecule has 0 saturated heterocycles. The van der Waals surface area contributed by atoms with Crippen molar-refractivity contribution in [1.82, 2.24) is 5.32 Å². The fourth-order valence-corrected chi connectivity index (χ4v) is 2.19. The Morgan fingerprint density at radius 2 is 1.48 bits per heavy atom. The van der Waals surface area contributed by atoms with Crippen molar-refractivity contribution < 1.29 is 9.59 Å². The van der Waals surface area contributed by atoms with Crippen LogP contribution in [0.1, 0.15) is 34.6 Å². The molecule has 0 atom stereocenters. The highest BCUT2D eigenvalue weighted by Crippen LogP contribution is 2.23. The summed E-state index contributed by atoms with van der Waals surface area (Å²) in [7, 11) is 0. The maximum absolute atomic E-state index is 12.1. The molecule has 0 aliphatic rings. The van der Waals surface area contributed by atoms with Crippen LogP contribution < -0.4 is 10.6 Å². The van der Waals surface area contributed by atoms with E-state index in [9.17, 15) is 9.59 Å². The fourth-order valence-electron chi connectivity index (χ4n) is 1.89. The van der Waals surface area contributed by atoms with Gasteiger partial charge in [-0.2, -0.15) is 0 Å². The van der Waals surface area contributed by atoms with E-state index in [0.29, 0.717) is 26.9 Å². The van der Waals surface area contributed by atoms with E-state index in [1.54, 1.807) is 36.4 Å². The third kappa shape index (κ3) is 4.71. The molecule has 0 heterocycles. The topological polar surface area (TPSA) is 58.2 Å². The number of amides is 2. The van der Waals surface area contributed by atoms with Crippen molar-refractivity contribution in [3.63, 3.8) is 0 Å². The minimum atomic E-state index is -0.303.